The second kappa shape index (κ2) is 9.53. The number of hydrogen-bond donors (Lipinski definition) is 2. The topological polar surface area (TPSA) is 41.1 Å². The molecule has 2 atom stereocenters. The fourth-order valence-corrected chi connectivity index (χ4v) is 3.52. The summed E-state index contributed by atoms with van der Waals surface area (Å²) >= 11 is 1.56. The fraction of sp³-hybridized carbons (Fsp3) is 0.350. The van der Waals surface area contributed by atoms with Crippen molar-refractivity contribution in [2.24, 2.45) is 11.8 Å². The van der Waals surface area contributed by atoms with Crippen LogP contribution in [0.5, 0.6) is 0 Å². The van der Waals surface area contributed by atoms with Gasteiger partial charge >= 0.3 is 0 Å². The molecule has 3 nitrogen and oxygen atoms in total. The van der Waals surface area contributed by atoms with Crippen LogP contribution >= 0.6 is 24.2 Å². The molecule has 0 bridgehead atoms. The van der Waals surface area contributed by atoms with Gasteiger partial charge in [-0.15, -0.1) is 24.2 Å². The minimum absolute atomic E-state index is 0. The molecule has 3 rings (SSSR count). The lowest BCUT2D eigenvalue weighted by Crippen LogP contribution is -2.50. The number of carbonyl (C=O) groups excluding carboxylic acids is 1. The van der Waals surface area contributed by atoms with Crippen molar-refractivity contribution in [3.8, 4) is 0 Å². The Labute approximate surface area is 168 Å². The van der Waals surface area contributed by atoms with Crippen molar-refractivity contribution in [2.45, 2.75) is 17.9 Å². The van der Waals surface area contributed by atoms with E-state index in [1.54, 1.807) is 11.8 Å². The van der Waals surface area contributed by atoms with Crippen molar-refractivity contribution in [2.75, 3.05) is 19.3 Å². The molecule has 1 saturated heterocycles. The standard InChI is InChI=1S/C20H22F2N2OS.ClH/c1-12(14-10-23-11-14)20(25)24-19(13-4-3-5-16(8-13)26-2)17-9-15(21)6-7-18(17)22;/h3-9,12,14,19,23H,10-11H2,1-2H3,(H,24,25);1H. The summed E-state index contributed by atoms with van der Waals surface area (Å²) in [5.41, 5.74) is 0.865. The van der Waals surface area contributed by atoms with Gasteiger partial charge in [-0.2, -0.15) is 0 Å². The van der Waals surface area contributed by atoms with Crippen LogP contribution in [0.3, 0.4) is 0 Å². The monoisotopic (exact) mass is 412 g/mol. The number of nitrogens with one attached hydrogen (secondary N) is 2. The number of halogens is 3. The van der Waals surface area contributed by atoms with E-state index < -0.39 is 17.7 Å². The lowest BCUT2D eigenvalue weighted by molar-refractivity contribution is -0.127. The molecule has 0 aliphatic carbocycles. The first kappa shape index (κ1) is 21.7. The summed E-state index contributed by atoms with van der Waals surface area (Å²) in [6, 6.07) is 10.1. The number of hydrogen-bond acceptors (Lipinski definition) is 3. The van der Waals surface area contributed by atoms with E-state index in [0.29, 0.717) is 0 Å². The number of carbonyl (C=O) groups is 1. The van der Waals surface area contributed by atoms with Crippen LogP contribution in [0.1, 0.15) is 24.1 Å². The van der Waals surface area contributed by atoms with Crippen molar-refractivity contribution < 1.29 is 13.6 Å². The zero-order valence-corrected chi connectivity index (χ0v) is 16.8. The van der Waals surface area contributed by atoms with Crippen LogP contribution in [-0.2, 0) is 4.79 Å². The Morgan fingerprint density at radius 1 is 1.22 bits per heavy atom. The van der Waals surface area contributed by atoms with Crippen LogP contribution in [0, 0.1) is 23.5 Å². The second-order valence-electron chi connectivity index (χ2n) is 6.59. The van der Waals surface area contributed by atoms with Gasteiger partial charge in [0.05, 0.1) is 6.04 Å². The summed E-state index contributed by atoms with van der Waals surface area (Å²) in [5.74, 6) is -1.15. The summed E-state index contributed by atoms with van der Waals surface area (Å²) in [6.45, 7) is 3.48. The highest BCUT2D eigenvalue weighted by molar-refractivity contribution is 7.98. The summed E-state index contributed by atoms with van der Waals surface area (Å²) < 4.78 is 28.2. The molecule has 7 heteroatoms. The predicted molar refractivity (Wildman–Crippen MR) is 107 cm³/mol. The number of rotatable bonds is 6. The molecule has 0 aromatic heterocycles. The van der Waals surface area contributed by atoms with Crippen LogP contribution in [0.2, 0.25) is 0 Å². The Balaban J connectivity index is 0.00000261. The Hall–Kier alpha value is -1.63. The van der Waals surface area contributed by atoms with E-state index in [0.717, 1.165) is 41.7 Å². The van der Waals surface area contributed by atoms with Crippen LogP contribution < -0.4 is 10.6 Å². The Kier molecular flexibility index (Phi) is 7.65. The van der Waals surface area contributed by atoms with Crippen molar-refractivity contribution in [1.82, 2.24) is 10.6 Å². The van der Waals surface area contributed by atoms with E-state index in [1.165, 1.54) is 0 Å². The Bertz CT molecular complexity index is 801. The van der Waals surface area contributed by atoms with Crippen LogP contribution in [0.15, 0.2) is 47.4 Å². The van der Waals surface area contributed by atoms with Gasteiger partial charge in [0, 0.05) is 16.4 Å². The van der Waals surface area contributed by atoms with Gasteiger partial charge in [0.1, 0.15) is 11.6 Å². The molecule has 2 aromatic rings. The average Bonchev–Trinajstić information content (AvgIpc) is 2.60. The summed E-state index contributed by atoms with van der Waals surface area (Å²) in [5, 5.41) is 6.09. The first-order chi connectivity index (χ1) is 12.5. The molecule has 146 valence electrons. The SMILES string of the molecule is CSc1cccc(C(NC(=O)C(C)C2CNC2)c2cc(F)ccc2F)c1.Cl. The predicted octanol–water partition coefficient (Wildman–Crippen LogP) is 4.17. The third-order valence-corrected chi connectivity index (χ3v) is 5.64. The summed E-state index contributed by atoms with van der Waals surface area (Å²) in [7, 11) is 0. The third kappa shape index (κ3) is 5.00. The summed E-state index contributed by atoms with van der Waals surface area (Å²) in [4.78, 5) is 13.7. The minimum Gasteiger partial charge on any atom is -0.345 e. The quantitative estimate of drug-likeness (QED) is 0.699. The molecule has 0 saturated carbocycles. The van der Waals surface area contributed by atoms with Crippen LogP contribution in [0.4, 0.5) is 8.78 Å². The lowest BCUT2D eigenvalue weighted by Gasteiger charge is -2.33. The first-order valence-corrected chi connectivity index (χ1v) is 9.82. The molecule has 0 spiro atoms. The minimum atomic E-state index is -0.735. The van der Waals surface area contributed by atoms with Gasteiger partial charge in [0.2, 0.25) is 5.91 Å². The van der Waals surface area contributed by atoms with Crippen LogP contribution in [-0.4, -0.2) is 25.3 Å². The second-order valence-corrected chi connectivity index (χ2v) is 7.47. The highest BCUT2D eigenvalue weighted by Gasteiger charge is 2.31. The van der Waals surface area contributed by atoms with Gasteiger partial charge in [0.15, 0.2) is 0 Å². The van der Waals surface area contributed by atoms with Gasteiger partial charge in [0.25, 0.3) is 0 Å². The van der Waals surface area contributed by atoms with Gasteiger partial charge in [-0.25, -0.2) is 8.78 Å². The van der Waals surface area contributed by atoms with Gasteiger partial charge in [-0.1, -0.05) is 19.1 Å². The van der Waals surface area contributed by atoms with E-state index >= 15 is 0 Å². The van der Waals surface area contributed by atoms with Crippen molar-refractivity contribution in [3.05, 3.63) is 65.2 Å². The fourth-order valence-electron chi connectivity index (χ4n) is 3.05. The van der Waals surface area contributed by atoms with Crippen molar-refractivity contribution in [1.29, 1.82) is 0 Å². The van der Waals surface area contributed by atoms with Gasteiger partial charge < -0.3 is 10.6 Å². The molecule has 1 fully saturated rings. The molecular formula is C20H23ClF2N2OS. The molecule has 2 aromatic carbocycles. The molecule has 0 radical (unpaired) electrons. The zero-order chi connectivity index (χ0) is 18.7. The summed E-state index contributed by atoms with van der Waals surface area (Å²) in [6.07, 6.45) is 1.95. The maximum absolute atomic E-state index is 14.4. The number of thioether (sulfide) groups is 1. The molecule has 2 N–H and O–H groups in total. The third-order valence-electron chi connectivity index (χ3n) is 4.92. The maximum Gasteiger partial charge on any atom is 0.223 e. The normalized spacial score (nSPS) is 16.0. The first-order valence-electron chi connectivity index (χ1n) is 8.59. The highest BCUT2D eigenvalue weighted by Crippen LogP contribution is 2.29. The molecule has 1 heterocycles. The molecule has 2 unspecified atom stereocenters. The van der Waals surface area contributed by atoms with E-state index in [4.69, 9.17) is 0 Å². The Morgan fingerprint density at radius 3 is 2.59 bits per heavy atom. The zero-order valence-electron chi connectivity index (χ0n) is 15.2. The van der Waals surface area contributed by atoms with E-state index in [2.05, 4.69) is 10.6 Å². The van der Waals surface area contributed by atoms with Gasteiger partial charge in [-0.05, 0) is 61.2 Å². The van der Waals surface area contributed by atoms with Gasteiger partial charge in [-0.3, -0.25) is 4.79 Å². The molecule has 1 amide bonds. The smallest absolute Gasteiger partial charge is 0.223 e. The average molecular weight is 413 g/mol. The van der Waals surface area contributed by atoms with Crippen molar-refractivity contribution in [3.63, 3.8) is 0 Å². The number of benzene rings is 2. The van der Waals surface area contributed by atoms with E-state index in [9.17, 15) is 13.6 Å². The molecule has 1 aliphatic rings. The molecule has 27 heavy (non-hydrogen) atoms. The lowest BCUT2D eigenvalue weighted by atomic mass is 9.87. The van der Waals surface area contributed by atoms with Crippen molar-refractivity contribution >= 4 is 30.1 Å². The molecular weight excluding hydrogens is 390 g/mol. The Morgan fingerprint density at radius 2 is 1.96 bits per heavy atom. The molecule has 1 aliphatic heterocycles. The van der Waals surface area contributed by atoms with E-state index in [1.807, 2.05) is 37.4 Å². The van der Waals surface area contributed by atoms with Crippen LogP contribution in [0.25, 0.3) is 0 Å². The highest BCUT2D eigenvalue weighted by atomic mass is 35.5. The number of amides is 1. The van der Waals surface area contributed by atoms with E-state index in [-0.39, 0.29) is 35.7 Å². The largest absolute Gasteiger partial charge is 0.345 e. The maximum atomic E-state index is 14.4.